The number of aliphatic hydroxyl groups excluding tert-OH is 2. The van der Waals surface area contributed by atoms with E-state index >= 15 is 0 Å². The van der Waals surface area contributed by atoms with Crippen LogP contribution in [0.2, 0.25) is 18.1 Å². The number of hydrogen-bond acceptors (Lipinski definition) is 4. The Balaban J connectivity index is 1.43. The Hall–Kier alpha value is -1.92. The standard InChI is InChI=1S/C28H40O4Si/c1-28(2,3)33(4,5)31-18-10-15-25(30)24(29)14-9-11-21-16-17-23-20-27(32-26(23)19-21)22-12-7-6-8-13-22/h6-8,12-13,16-17,19-20,24-25,29-30H,9-11,14-15,18H2,1-5H3. The highest BCUT2D eigenvalue weighted by molar-refractivity contribution is 6.74. The van der Waals surface area contributed by atoms with Crippen molar-refractivity contribution in [1.29, 1.82) is 0 Å². The maximum Gasteiger partial charge on any atom is 0.191 e. The van der Waals surface area contributed by atoms with Crippen LogP contribution in [0.1, 0.15) is 52.0 Å². The number of benzene rings is 2. The molecule has 2 unspecified atom stereocenters. The molecule has 5 heteroatoms. The highest BCUT2D eigenvalue weighted by Crippen LogP contribution is 2.36. The topological polar surface area (TPSA) is 62.8 Å². The molecule has 3 aromatic rings. The lowest BCUT2D eigenvalue weighted by atomic mass is 10.0. The average molecular weight is 469 g/mol. The SMILES string of the molecule is CC(C)(C)[Si](C)(C)OCCCC(O)C(O)CCCc1ccc2cc(-c3ccccc3)oc2c1. The van der Waals surface area contributed by atoms with E-state index in [2.05, 4.69) is 58.1 Å². The van der Waals surface area contributed by atoms with Gasteiger partial charge in [-0.3, -0.25) is 0 Å². The first-order chi connectivity index (χ1) is 15.6. The van der Waals surface area contributed by atoms with Crippen LogP contribution < -0.4 is 0 Å². The second-order valence-corrected chi connectivity index (χ2v) is 15.4. The Bertz CT molecular complexity index is 1000. The third-order valence-electron chi connectivity index (χ3n) is 6.97. The highest BCUT2D eigenvalue weighted by Gasteiger charge is 2.36. The molecule has 0 aliphatic rings. The van der Waals surface area contributed by atoms with Crippen molar-refractivity contribution < 1.29 is 19.1 Å². The molecule has 0 saturated heterocycles. The Kier molecular flexibility index (Phi) is 8.57. The van der Waals surface area contributed by atoms with Gasteiger partial charge < -0.3 is 19.1 Å². The average Bonchev–Trinajstić information content (AvgIpc) is 3.20. The number of fused-ring (bicyclic) bond motifs is 1. The smallest absolute Gasteiger partial charge is 0.191 e. The number of hydrogen-bond donors (Lipinski definition) is 2. The van der Waals surface area contributed by atoms with Crippen molar-refractivity contribution >= 4 is 19.3 Å². The first-order valence-corrected chi connectivity index (χ1v) is 15.1. The minimum absolute atomic E-state index is 0.187. The zero-order valence-electron chi connectivity index (χ0n) is 20.8. The Labute approximate surface area is 199 Å². The summed E-state index contributed by atoms with van der Waals surface area (Å²) in [6.07, 6.45) is 2.17. The molecule has 33 heavy (non-hydrogen) atoms. The van der Waals surface area contributed by atoms with Crippen LogP contribution in [0.4, 0.5) is 0 Å². The van der Waals surface area contributed by atoms with Gasteiger partial charge in [0.15, 0.2) is 8.32 Å². The van der Waals surface area contributed by atoms with E-state index in [1.807, 2.05) is 30.3 Å². The molecule has 1 heterocycles. The summed E-state index contributed by atoms with van der Waals surface area (Å²) in [5.41, 5.74) is 3.14. The molecular weight excluding hydrogens is 428 g/mol. The minimum Gasteiger partial charge on any atom is -0.456 e. The summed E-state index contributed by atoms with van der Waals surface area (Å²) in [6.45, 7) is 11.8. The lowest BCUT2D eigenvalue weighted by molar-refractivity contribution is 0.00587. The molecule has 0 fully saturated rings. The van der Waals surface area contributed by atoms with Crippen LogP contribution in [-0.4, -0.2) is 37.3 Å². The third-order valence-corrected chi connectivity index (χ3v) is 11.5. The third kappa shape index (κ3) is 7.03. The zero-order chi connectivity index (χ0) is 24.1. The zero-order valence-corrected chi connectivity index (χ0v) is 21.8. The molecule has 0 bridgehead atoms. The fourth-order valence-electron chi connectivity index (χ4n) is 3.71. The fourth-order valence-corrected chi connectivity index (χ4v) is 4.80. The maximum atomic E-state index is 10.4. The van der Waals surface area contributed by atoms with E-state index in [-0.39, 0.29) is 5.04 Å². The van der Waals surface area contributed by atoms with Gasteiger partial charge in [0.1, 0.15) is 11.3 Å². The molecule has 180 valence electrons. The van der Waals surface area contributed by atoms with Gasteiger partial charge in [-0.05, 0) is 67.9 Å². The van der Waals surface area contributed by atoms with Gasteiger partial charge in [-0.25, -0.2) is 0 Å². The van der Waals surface area contributed by atoms with Gasteiger partial charge in [-0.1, -0.05) is 63.2 Å². The second-order valence-electron chi connectivity index (χ2n) is 10.6. The van der Waals surface area contributed by atoms with Gasteiger partial charge in [0, 0.05) is 17.6 Å². The van der Waals surface area contributed by atoms with Crippen molar-refractivity contribution in [1.82, 2.24) is 0 Å². The van der Waals surface area contributed by atoms with Crippen LogP contribution >= 0.6 is 0 Å². The Morgan fingerprint density at radius 2 is 1.58 bits per heavy atom. The van der Waals surface area contributed by atoms with Gasteiger partial charge in [0.05, 0.1) is 12.2 Å². The van der Waals surface area contributed by atoms with E-state index in [4.69, 9.17) is 8.84 Å². The van der Waals surface area contributed by atoms with Crippen LogP contribution in [0.3, 0.4) is 0 Å². The van der Waals surface area contributed by atoms with Crippen molar-refractivity contribution in [3.05, 3.63) is 60.2 Å². The summed E-state index contributed by atoms with van der Waals surface area (Å²) in [6, 6.07) is 18.5. The molecule has 0 aliphatic carbocycles. The molecule has 1 aromatic heterocycles. The van der Waals surface area contributed by atoms with Gasteiger partial charge in [-0.15, -0.1) is 0 Å². The molecule has 2 atom stereocenters. The minimum atomic E-state index is -1.75. The van der Waals surface area contributed by atoms with E-state index in [1.54, 1.807) is 0 Å². The predicted molar refractivity (Wildman–Crippen MR) is 139 cm³/mol. The van der Waals surface area contributed by atoms with Crippen LogP contribution in [0.15, 0.2) is 59.0 Å². The summed E-state index contributed by atoms with van der Waals surface area (Å²) in [5, 5.41) is 22.0. The molecular formula is C28H40O4Si. The quantitative estimate of drug-likeness (QED) is 0.236. The van der Waals surface area contributed by atoms with Crippen molar-refractivity contribution in [2.24, 2.45) is 0 Å². The fraction of sp³-hybridized carbons (Fsp3) is 0.500. The highest BCUT2D eigenvalue weighted by atomic mass is 28.4. The van der Waals surface area contributed by atoms with Crippen molar-refractivity contribution in [2.75, 3.05) is 6.61 Å². The lowest BCUT2D eigenvalue weighted by Crippen LogP contribution is -2.41. The summed E-state index contributed by atoms with van der Waals surface area (Å²) in [5.74, 6) is 0.874. The molecule has 2 N–H and O–H groups in total. The first kappa shape index (κ1) is 25.7. The molecule has 3 rings (SSSR count). The lowest BCUT2D eigenvalue weighted by Gasteiger charge is -2.36. The van der Waals surface area contributed by atoms with Crippen molar-refractivity contribution in [2.45, 2.75) is 83.2 Å². The largest absolute Gasteiger partial charge is 0.456 e. The normalized spacial score (nSPS) is 14.5. The maximum absolute atomic E-state index is 10.4. The molecule has 2 aromatic carbocycles. The van der Waals surface area contributed by atoms with Crippen LogP contribution in [0, 0.1) is 0 Å². The van der Waals surface area contributed by atoms with Crippen LogP contribution in [0.25, 0.3) is 22.3 Å². The molecule has 0 amide bonds. The molecule has 0 saturated carbocycles. The Morgan fingerprint density at radius 3 is 2.24 bits per heavy atom. The Morgan fingerprint density at radius 1 is 0.909 bits per heavy atom. The van der Waals surface area contributed by atoms with Gasteiger partial charge in [0.2, 0.25) is 0 Å². The number of aliphatic hydroxyl groups is 2. The molecule has 0 radical (unpaired) electrons. The summed E-state index contributed by atoms with van der Waals surface area (Å²) in [7, 11) is -1.75. The predicted octanol–water partition coefficient (Wildman–Crippen LogP) is 6.95. The molecule has 0 aliphatic heterocycles. The van der Waals surface area contributed by atoms with Crippen molar-refractivity contribution in [3.8, 4) is 11.3 Å². The van der Waals surface area contributed by atoms with Crippen LogP contribution in [0.5, 0.6) is 0 Å². The monoisotopic (exact) mass is 468 g/mol. The van der Waals surface area contributed by atoms with Gasteiger partial charge in [0.25, 0.3) is 0 Å². The first-order valence-electron chi connectivity index (χ1n) is 12.1. The second kappa shape index (κ2) is 11.0. The van der Waals surface area contributed by atoms with Gasteiger partial charge in [-0.2, -0.15) is 0 Å². The van der Waals surface area contributed by atoms with E-state index in [1.165, 1.54) is 5.56 Å². The van der Waals surface area contributed by atoms with Gasteiger partial charge >= 0.3 is 0 Å². The van der Waals surface area contributed by atoms with E-state index in [0.29, 0.717) is 19.4 Å². The van der Waals surface area contributed by atoms with E-state index in [0.717, 1.165) is 41.6 Å². The van der Waals surface area contributed by atoms with E-state index < -0.39 is 20.5 Å². The summed E-state index contributed by atoms with van der Waals surface area (Å²) in [4.78, 5) is 0. The molecule has 0 spiro atoms. The summed E-state index contributed by atoms with van der Waals surface area (Å²) >= 11 is 0. The number of aryl methyl sites for hydroxylation is 1. The number of furan rings is 1. The molecule has 4 nitrogen and oxygen atoms in total. The van der Waals surface area contributed by atoms with E-state index in [9.17, 15) is 10.2 Å². The van der Waals surface area contributed by atoms with Crippen LogP contribution in [-0.2, 0) is 10.8 Å². The van der Waals surface area contributed by atoms with Crippen molar-refractivity contribution in [3.63, 3.8) is 0 Å². The summed E-state index contributed by atoms with van der Waals surface area (Å²) < 4.78 is 12.2. The number of rotatable bonds is 11.